The van der Waals surface area contributed by atoms with E-state index >= 15 is 0 Å². The Morgan fingerprint density at radius 3 is 2.90 bits per heavy atom. The zero-order chi connectivity index (χ0) is 27.2. The molecular weight excluding hydrogens is 515 g/mol. The Kier molecular flexibility index (Phi) is 5.76. The van der Waals surface area contributed by atoms with Crippen LogP contribution in [0.25, 0.3) is 5.52 Å². The number of carbonyl (C=O) groups excluding carboxylic acids is 1. The van der Waals surface area contributed by atoms with Crippen molar-refractivity contribution < 1.29 is 9.18 Å². The Labute approximate surface area is 227 Å². The van der Waals surface area contributed by atoms with Crippen molar-refractivity contribution in [3.8, 4) is 6.07 Å². The number of hydrogen-bond donors (Lipinski definition) is 3. The lowest BCUT2D eigenvalue weighted by molar-refractivity contribution is -0.117. The van der Waals surface area contributed by atoms with Crippen molar-refractivity contribution in [2.75, 3.05) is 28.6 Å². The molecule has 202 valence electrons. The first-order valence-corrected chi connectivity index (χ1v) is 13.1. The summed E-state index contributed by atoms with van der Waals surface area (Å²) in [6, 6.07) is 9.85. The summed E-state index contributed by atoms with van der Waals surface area (Å²) in [6.45, 7) is 0.869. The maximum Gasteiger partial charge on any atom is 0.247 e. The molecule has 2 aliphatic heterocycles. The van der Waals surface area contributed by atoms with Crippen LogP contribution in [0.3, 0.4) is 0 Å². The molecule has 3 atom stereocenters. The van der Waals surface area contributed by atoms with Crippen LogP contribution < -0.4 is 15.5 Å². The molecule has 4 aromatic rings. The van der Waals surface area contributed by atoms with Crippen molar-refractivity contribution in [1.82, 2.24) is 34.8 Å². The van der Waals surface area contributed by atoms with Crippen LogP contribution in [-0.4, -0.2) is 72.1 Å². The van der Waals surface area contributed by atoms with Gasteiger partial charge < -0.3 is 15.5 Å². The van der Waals surface area contributed by atoms with E-state index in [0.717, 1.165) is 24.1 Å². The Morgan fingerprint density at radius 1 is 1.23 bits per heavy atom. The summed E-state index contributed by atoms with van der Waals surface area (Å²) in [7, 11) is 0. The molecule has 0 radical (unpaired) electrons. The second-order valence-corrected chi connectivity index (χ2v) is 10.2. The summed E-state index contributed by atoms with van der Waals surface area (Å²) in [4.78, 5) is 23.9. The highest BCUT2D eigenvalue weighted by molar-refractivity contribution is 5.97. The molecule has 3 aliphatic rings. The van der Waals surface area contributed by atoms with Gasteiger partial charge >= 0.3 is 0 Å². The standard InChI is InChI=1S/C26H25FN12O/c27-22-6-5-17(12-29-22)31-25(40)21-8-18(39-13-15(10-28)11-30-39)14-37(21)26-33-24(20-2-1-7-38(20)36-26)32-23-9-19(34-35-23)16-3-4-16/h1-2,5-7,9,11-12,15-16,18,21H,3-4,8,13-14H2,(H,31,40)(H2,32,33,34,35,36)/t15?,18-,21-/m0/s1. The van der Waals surface area contributed by atoms with Crippen LogP contribution in [0.1, 0.15) is 30.9 Å². The number of nitriles is 1. The van der Waals surface area contributed by atoms with Gasteiger partial charge in [0.1, 0.15) is 17.5 Å². The number of fused-ring (bicyclic) bond motifs is 1. The van der Waals surface area contributed by atoms with Gasteiger partial charge in [-0.05, 0) is 37.1 Å². The molecule has 1 amide bonds. The number of carbonyl (C=O) groups is 1. The van der Waals surface area contributed by atoms with Gasteiger partial charge in [-0.1, -0.05) is 0 Å². The topological polar surface area (TPSA) is 156 Å². The second-order valence-electron chi connectivity index (χ2n) is 10.2. The van der Waals surface area contributed by atoms with E-state index in [1.807, 2.05) is 34.3 Å². The van der Waals surface area contributed by atoms with Crippen molar-refractivity contribution in [3.05, 3.63) is 54.4 Å². The summed E-state index contributed by atoms with van der Waals surface area (Å²) in [6.07, 6.45) is 7.47. The normalized spacial score (nSPS) is 22.1. The number of halogens is 1. The Morgan fingerprint density at radius 2 is 2.12 bits per heavy atom. The fourth-order valence-electron chi connectivity index (χ4n) is 5.22. The predicted octanol–water partition coefficient (Wildman–Crippen LogP) is 2.63. The maximum atomic E-state index is 13.6. The van der Waals surface area contributed by atoms with Crippen molar-refractivity contribution >= 4 is 40.9 Å². The third kappa shape index (κ3) is 4.55. The molecule has 1 unspecified atom stereocenters. The van der Waals surface area contributed by atoms with Gasteiger partial charge in [0, 0.05) is 43.1 Å². The van der Waals surface area contributed by atoms with Gasteiger partial charge in [0.2, 0.25) is 17.8 Å². The molecule has 4 aromatic heterocycles. The Hall–Kier alpha value is -5.06. The number of rotatable bonds is 7. The molecule has 1 saturated heterocycles. The summed E-state index contributed by atoms with van der Waals surface area (Å²) in [5.74, 6) is 0.854. The number of H-pyrrole nitrogens is 1. The molecule has 13 nitrogen and oxygen atoms in total. The number of anilines is 4. The van der Waals surface area contributed by atoms with Crippen LogP contribution in [0.5, 0.6) is 0 Å². The van der Waals surface area contributed by atoms with Gasteiger partial charge in [0.15, 0.2) is 11.6 Å². The number of pyridine rings is 1. The number of hydrazone groups is 1. The van der Waals surface area contributed by atoms with Crippen LogP contribution in [0, 0.1) is 23.2 Å². The van der Waals surface area contributed by atoms with Gasteiger partial charge in [-0.2, -0.15) is 24.8 Å². The molecule has 7 rings (SSSR count). The average Bonchev–Trinajstić information content (AvgIpc) is 3.39. The van der Waals surface area contributed by atoms with E-state index in [0.29, 0.717) is 48.7 Å². The van der Waals surface area contributed by atoms with Crippen molar-refractivity contribution in [2.24, 2.45) is 11.0 Å². The number of nitrogens with zero attached hydrogens (tertiary/aromatic N) is 9. The molecule has 2 fully saturated rings. The fourth-order valence-corrected chi connectivity index (χ4v) is 5.22. The lowest BCUT2D eigenvalue weighted by Gasteiger charge is -2.25. The van der Waals surface area contributed by atoms with Gasteiger partial charge in [0.25, 0.3) is 0 Å². The Bertz CT molecular complexity index is 1640. The fraction of sp³-hybridized carbons (Fsp3) is 0.346. The molecule has 6 heterocycles. The first-order chi connectivity index (χ1) is 19.5. The van der Waals surface area contributed by atoms with Crippen LogP contribution in [0.4, 0.5) is 27.7 Å². The lowest BCUT2D eigenvalue weighted by atomic mass is 10.1. The minimum absolute atomic E-state index is 0.149. The quantitative estimate of drug-likeness (QED) is 0.300. The second kappa shape index (κ2) is 9.60. The van der Waals surface area contributed by atoms with E-state index in [1.54, 1.807) is 10.7 Å². The minimum atomic E-state index is -0.654. The van der Waals surface area contributed by atoms with Gasteiger partial charge in [-0.25, -0.2) is 9.50 Å². The molecule has 0 bridgehead atoms. The number of amides is 1. The lowest BCUT2D eigenvalue weighted by Crippen LogP contribution is -2.41. The highest BCUT2D eigenvalue weighted by Crippen LogP contribution is 2.40. The zero-order valence-corrected chi connectivity index (χ0v) is 21.3. The highest BCUT2D eigenvalue weighted by atomic mass is 19.1. The van der Waals surface area contributed by atoms with Gasteiger partial charge in [-0.3, -0.25) is 14.9 Å². The zero-order valence-electron chi connectivity index (χ0n) is 21.3. The maximum absolute atomic E-state index is 13.6. The largest absolute Gasteiger partial charge is 0.325 e. The Balaban J connectivity index is 1.20. The molecule has 40 heavy (non-hydrogen) atoms. The first kappa shape index (κ1) is 24.0. The minimum Gasteiger partial charge on any atom is -0.325 e. The molecule has 3 N–H and O–H groups in total. The van der Waals surface area contributed by atoms with Crippen molar-refractivity contribution in [2.45, 2.75) is 37.3 Å². The molecule has 14 heteroatoms. The number of aromatic nitrogens is 6. The summed E-state index contributed by atoms with van der Waals surface area (Å²) in [5, 5.41) is 34.0. The van der Waals surface area contributed by atoms with E-state index in [-0.39, 0.29) is 17.9 Å². The number of nitrogens with one attached hydrogen (secondary N) is 3. The molecular formula is C26H25FN12O. The smallest absolute Gasteiger partial charge is 0.247 e. The van der Waals surface area contributed by atoms with E-state index in [1.165, 1.54) is 18.3 Å². The van der Waals surface area contributed by atoms with Crippen LogP contribution in [-0.2, 0) is 4.79 Å². The SMILES string of the molecule is N#CC1C=NN([C@H]2C[C@@H](C(=O)Nc3ccc(F)nc3)N(c3nc(Nc4cc(C5CC5)[nH]n4)c4cccn4n3)C2)C1. The summed E-state index contributed by atoms with van der Waals surface area (Å²) >= 11 is 0. The van der Waals surface area contributed by atoms with E-state index in [2.05, 4.69) is 37.0 Å². The summed E-state index contributed by atoms with van der Waals surface area (Å²) < 4.78 is 15.0. The summed E-state index contributed by atoms with van der Waals surface area (Å²) in [5.41, 5.74) is 2.24. The third-order valence-electron chi connectivity index (χ3n) is 7.44. The molecule has 1 aliphatic carbocycles. The van der Waals surface area contributed by atoms with Gasteiger partial charge in [-0.15, -0.1) is 5.10 Å². The predicted molar refractivity (Wildman–Crippen MR) is 143 cm³/mol. The van der Waals surface area contributed by atoms with Crippen LogP contribution in [0.15, 0.2) is 47.8 Å². The van der Waals surface area contributed by atoms with E-state index < -0.39 is 12.0 Å². The van der Waals surface area contributed by atoms with Crippen LogP contribution >= 0.6 is 0 Å². The number of aromatic amines is 1. The highest BCUT2D eigenvalue weighted by Gasteiger charge is 2.42. The molecule has 1 saturated carbocycles. The number of hydrogen-bond acceptors (Lipinski definition) is 10. The van der Waals surface area contributed by atoms with Crippen LogP contribution in [0.2, 0.25) is 0 Å². The monoisotopic (exact) mass is 540 g/mol. The van der Waals surface area contributed by atoms with Gasteiger partial charge in [0.05, 0.1) is 30.5 Å². The van der Waals surface area contributed by atoms with Crippen molar-refractivity contribution in [1.29, 1.82) is 5.26 Å². The average molecular weight is 541 g/mol. The first-order valence-electron chi connectivity index (χ1n) is 13.1. The van der Waals surface area contributed by atoms with Crippen molar-refractivity contribution in [3.63, 3.8) is 0 Å². The molecule has 0 aromatic carbocycles. The third-order valence-corrected chi connectivity index (χ3v) is 7.44. The van der Waals surface area contributed by atoms with E-state index in [9.17, 15) is 14.4 Å². The molecule has 0 spiro atoms. The van der Waals surface area contributed by atoms with E-state index in [4.69, 9.17) is 10.1 Å².